The van der Waals surface area contributed by atoms with Crippen LogP contribution in [-0.4, -0.2) is 65.3 Å². The molecule has 0 bridgehead atoms. The second-order valence-corrected chi connectivity index (χ2v) is 19.1. The number of nitrogens with zero attached hydrogens (tertiary/aromatic N) is 1. The summed E-state index contributed by atoms with van der Waals surface area (Å²) in [6.07, 6.45) is 6.10. The standard InChI is InChI=1S/C42H57NO6Si/c1-34-25-26-39(44)42(5,27-17-28-47-33-46-6)36(31-43(30-34)40(45)48-32-35-18-10-7-11-19-35)20-16-29-49-50(41(2,3)4,37-21-12-8-13-22-37)38-23-14-9-15-24-38/h7-15,18-19,21-26,34,36H,16-17,20,27-33H2,1-6H3/b26-25-/t34?,36-,42-/m1/s1. The fraction of sp³-hybridized carbons (Fsp3) is 0.476. The summed E-state index contributed by atoms with van der Waals surface area (Å²) in [5.41, 5.74) is 0.220. The van der Waals surface area contributed by atoms with Gasteiger partial charge in [-0.3, -0.25) is 4.79 Å². The van der Waals surface area contributed by atoms with Crippen molar-refractivity contribution in [2.24, 2.45) is 17.3 Å². The van der Waals surface area contributed by atoms with Crippen molar-refractivity contribution in [2.75, 3.05) is 40.2 Å². The Hall–Kier alpha value is -3.56. The number of carbonyl (C=O) groups is 2. The highest BCUT2D eigenvalue weighted by atomic mass is 28.4. The first-order valence-electron chi connectivity index (χ1n) is 18.0. The fourth-order valence-corrected chi connectivity index (χ4v) is 11.9. The molecule has 0 spiro atoms. The Bertz CT molecular complexity index is 1450. The maximum absolute atomic E-state index is 14.1. The smallest absolute Gasteiger partial charge is 0.410 e. The zero-order valence-electron chi connectivity index (χ0n) is 30.9. The van der Waals surface area contributed by atoms with Gasteiger partial charge in [-0.15, -0.1) is 0 Å². The van der Waals surface area contributed by atoms with Gasteiger partial charge in [0.2, 0.25) is 0 Å². The van der Waals surface area contributed by atoms with Crippen LogP contribution in [0.2, 0.25) is 5.04 Å². The first kappa shape index (κ1) is 39.2. The molecule has 0 saturated carbocycles. The summed E-state index contributed by atoms with van der Waals surface area (Å²) in [5, 5.41) is 2.34. The molecule has 3 aromatic rings. The molecule has 0 saturated heterocycles. The van der Waals surface area contributed by atoms with Crippen LogP contribution in [0.15, 0.2) is 103 Å². The first-order chi connectivity index (χ1) is 24.0. The van der Waals surface area contributed by atoms with E-state index in [9.17, 15) is 9.59 Å². The number of hydrogen-bond donors (Lipinski definition) is 0. The molecule has 1 heterocycles. The van der Waals surface area contributed by atoms with E-state index in [0.29, 0.717) is 45.6 Å². The van der Waals surface area contributed by atoms with Crippen molar-refractivity contribution >= 4 is 30.6 Å². The van der Waals surface area contributed by atoms with E-state index in [1.165, 1.54) is 10.4 Å². The maximum Gasteiger partial charge on any atom is 0.410 e. The molecule has 0 aliphatic carbocycles. The zero-order chi connectivity index (χ0) is 36.0. The molecule has 1 aliphatic heterocycles. The van der Waals surface area contributed by atoms with Crippen LogP contribution >= 0.6 is 0 Å². The number of amides is 1. The molecule has 1 unspecified atom stereocenters. The van der Waals surface area contributed by atoms with E-state index >= 15 is 0 Å². The molecule has 50 heavy (non-hydrogen) atoms. The average Bonchev–Trinajstić information content (AvgIpc) is 3.16. The van der Waals surface area contributed by atoms with Crippen LogP contribution in [-0.2, 0) is 30.0 Å². The molecule has 0 radical (unpaired) electrons. The van der Waals surface area contributed by atoms with Crippen LogP contribution < -0.4 is 10.4 Å². The lowest BCUT2D eigenvalue weighted by atomic mass is 9.68. The number of benzene rings is 3. The molecule has 0 fully saturated rings. The highest BCUT2D eigenvalue weighted by Gasteiger charge is 2.50. The Kier molecular flexibility index (Phi) is 14.6. The Morgan fingerprint density at radius 3 is 2.06 bits per heavy atom. The SMILES string of the molecule is COCOCCC[C@@]1(C)C(=O)/C=C\C(C)CN(C(=O)OCc2ccccc2)C[C@H]1CCCO[Si](c1ccccc1)(c1ccccc1)C(C)(C)C. The predicted molar refractivity (Wildman–Crippen MR) is 203 cm³/mol. The third kappa shape index (κ3) is 10.0. The maximum atomic E-state index is 14.1. The van der Waals surface area contributed by atoms with Crippen molar-refractivity contribution in [3.63, 3.8) is 0 Å². The molecule has 0 aromatic heterocycles. The van der Waals surface area contributed by atoms with Crippen molar-refractivity contribution < 1.29 is 28.2 Å². The molecule has 4 rings (SSSR count). The summed E-state index contributed by atoms with van der Waals surface area (Å²) in [5.74, 6) is -0.0392. The quantitative estimate of drug-likeness (QED) is 0.0917. The van der Waals surface area contributed by atoms with Crippen molar-refractivity contribution in [2.45, 2.75) is 71.9 Å². The minimum Gasteiger partial charge on any atom is -0.445 e. The average molecular weight is 700 g/mol. The second kappa shape index (κ2) is 18.6. The van der Waals surface area contributed by atoms with E-state index in [2.05, 4.69) is 88.4 Å². The molecule has 3 aromatic carbocycles. The molecule has 1 amide bonds. The van der Waals surface area contributed by atoms with E-state index in [1.807, 2.05) is 48.2 Å². The molecule has 270 valence electrons. The number of carbonyl (C=O) groups excluding carboxylic acids is 2. The second-order valence-electron chi connectivity index (χ2n) is 14.8. The van der Waals surface area contributed by atoms with Gasteiger partial charge in [0.25, 0.3) is 8.32 Å². The van der Waals surface area contributed by atoms with Crippen molar-refractivity contribution in [1.29, 1.82) is 0 Å². The van der Waals surface area contributed by atoms with Crippen LogP contribution in [0.3, 0.4) is 0 Å². The normalized spacial score (nSPS) is 20.8. The van der Waals surface area contributed by atoms with E-state index < -0.39 is 13.7 Å². The monoisotopic (exact) mass is 699 g/mol. The number of methoxy groups -OCH3 is 1. The van der Waals surface area contributed by atoms with Crippen LogP contribution in [0.25, 0.3) is 0 Å². The van der Waals surface area contributed by atoms with Crippen LogP contribution in [0.1, 0.15) is 65.9 Å². The fourth-order valence-electron chi connectivity index (χ4n) is 7.29. The molecule has 8 heteroatoms. The van der Waals surface area contributed by atoms with Crippen LogP contribution in [0, 0.1) is 17.3 Å². The molecule has 3 atom stereocenters. The summed E-state index contributed by atoms with van der Waals surface area (Å²) in [4.78, 5) is 29.6. The molecular formula is C42H57NO6Si. The molecular weight excluding hydrogens is 643 g/mol. The van der Waals surface area contributed by atoms with Gasteiger partial charge < -0.3 is 23.5 Å². The summed E-state index contributed by atoms with van der Waals surface area (Å²) in [6.45, 7) is 13.3. The summed E-state index contributed by atoms with van der Waals surface area (Å²) in [6, 6.07) is 31.0. The zero-order valence-corrected chi connectivity index (χ0v) is 31.9. The Morgan fingerprint density at radius 1 is 0.880 bits per heavy atom. The van der Waals surface area contributed by atoms with Gasteiger partial charge in [-0.05, 0) is 64.6 Å². The Morgan fingerprint density at radius 2 is 1.48 bits per heavy atom. The van der Waals surface area contributed by atoms with Gasteiger partial charge in [-0.25, -0.2) is 4.79 Å². The predicted octanol–water partition coefficient (Wildman–Crippen LogP) is 7.78. The first-order valence-corrected chi connectivity index (χ1v) is 19.9. The largest absolute Gasteiger partial charge is 0.445 e. The Labute approximate surface area is 301 Å². The number of allylic oxidation sites excluding steroid dienone is 1. The summed E-state index contributed by atoms with van der Waals surface area (Å²) >= 11 is 0. The van der Waals surface area contributed by atoms with Crippen molar-refractivity contribution in [1.82, 2.24) is 4.90 Å². The third-order valence-corrected chi connectivity index (χ3v) is 15.1. The number of ketones is 1. The number of ether oxygens (including phenoxy) is 3. The summed E-state index contributed by atoms with van der Waals surface area (Å²) < 4.78 is 23.8. The lowest BCUT2D eigenvalue weighted by Gasteiger charge is -2.43. The molecule has 1 aliphatic rings. The van der Waals surface area contributed by atoms with E-state index in [-0.39, 0.29) is 42.2 Å². The number of hydrogen-bond acceptors (Lipinski definition) is 6. The molecule has 7 nitrogen and oxygen atoms in total. The van der Waals surface area contributed by atoms with E-state index in [0.717, 1.165) is 12.0 Å². The van der Waals surface area contributed by atoms with E-state index in [1.54, 1.807) is 13.2 Å². The van der Waals surface area contributed by atoms with Crippen LogP contribution in [0.5, 0.6) is 0 Å². The van der Waals surface area contributed by atoms with Gasteiger partial charge in [-0.1, -0.05) is 132 Å². The van der Waals surface area contributed by atoms with Crippen LogP contribution in [0.4, 0.5) is 4.79 Å². The van der Waals surface area contributed by atoms with Gasteiger partial charge in [0.15, 0.2) is 5.78 Å². The van der Waals surface area contributed by atoms with Gasteiger partial charge in [0.05, 0.1) is 0 Å². The minimum absolute atomic E-state index is 0.00487. The lowest BCUT2D eigenvalue weighted by Crippen LogP contribution is -2.66. The highest BCUT2D eigenvalue weighted by molar-refractivity contribution is 6.99. The highest BCUT2D eigenvalue weighted by Crippen LogP contribution is 2.40. The third-order valence-electron chi connectivity index (χ3n) is 10.1. The van der Waals surface area contributed by atoms with Gasteiger partial charge in [-0.2, -0.15) is 0 Å². The van der Waals surface area contributed by atoms with Crippen molar-refractivity contribution in [3.8, 4) is 0 Å². The van der Waals surface area contributed by atoms with Crippen molar-refractivity contribution in [3.05, 3.63) is 109 Å². The topological polar surface area (TPSA) is 74.3 Å². The van der Waals surface area contributed by atoms with Gasteiger partial charge in [0, 0.05) is 38.8 Å². The van der Waals surface area contributed by atoms with Gasteiger partial charge >= 0.3 is 6.09 Å². The minimum atomic E-state index is -2.72. The van der Waals surface area contributed by atoms with E-state index in [4.69, 9.17) is 18.6 Å². The number of rotatable bonds is 15. The lowest BCUT2D eigenvalue weighted by molar-refractivity contribution is -0.127. The Balaban J connectivity index is 1.61. The summed E-state index contributed by atoms with van der Waals surface area (Å²) in [7, 11) is -1.12. The van der Waals surface area contributed by atoms with Gasteiger partial charge in [0.1, 0.15) is 13.4 Å². The molecule has 0 N–H and O–H groups in total.